The van der Waals surface area contributed by atoms with Crippen LogP contribution in [0, 0.1) is 0 Å². The largest absolute Gasteiger partial charge is 0.505 e. The normalized spacial score (nSPS) is 14.6. The number of carbonyl (C=O) groups excluding carboxylic acids is 1. The zero-order chi connectivity index (χ0) is 25.1. The lowest BCUT2D eigenvalue weighted by atomic mass is 9.95. The average Bonchev–Trinajstić information content (AvgIpc) is 2.74. The van der Waals surface area contributed by atoms with Crippen LogP contribution in [0.5, 0.6) is 5.75 Å². The second kappa shape index (κ2) is 10.5. The Morgan fingerprint density at radius 2 is 1.88 bits per heavy atom. The molecule has 0 unspecified atom stereocenters. The summed E-state index contributed by atoms with van der Waals surface area (Å²) >= 11 is 11.9. The number of hydrogen-bond acceptors (Lipinski definition) is 6. The molecule has 1 aliphatic rings. The second-order valence-corrected chi connectivity index (χ2v) is 11.4. The highest BCUT2D eigenvalue weighted by molar-refractivity contribution is 7.92. The van der Waals surface area contributed by atoms with E-state index < -0.39 is 32.4 Å². The van der Waals surface area contributed by atoms with Crippen molar-refractivity contribution in [2.24, 2.45) is 5.73 Å². The number of phenolic OH excluding ortho intramolecular Hbond substituents is 1. The van der Waals surface area contributed by atoms with Crippen LogP contribution in [0.3, 0.4) is 0 Å². The van der Waals surface area contributed by atoms with Gasteiger partial charge in [-0.25, -0.2) is 13.2 Å². The summed E-state index contributed by atoms with van der Waals surface area (Å²) in [6, 6.07) is 7.80. The lowest BCUT2D eigenvalue weighted by Crippen LogP contribution is -2.33. The molecule has 0 bridgehead atoms. The van der Waals surface area contributed by atoms with Crippen molar-refractivity contribution in [1.82, 2.24) is 0 Å². The molecule has 11 heteroatoms. The minimum atomic E-state index is -4.22. The number of hydrogen-bond donors (Lipinski definition) is 3. The first-order chi connectivity index (χ1) is 15.9. The number of phenols is 1. The Hall–Kier alpha value is -2.36. The summed E-state index contributed by atoms with van der Waals surface area (Å²) in [4.78, 5) is 13.1. The molecule has 0 atom stereocenters. The van der Waals surface area contributed by atoms with Gasteiger partial charge in [0.2, 0.25) is 0 Å². The maximum absolute atomic E-state index is 13.2. The number of nitrogens with two attached hydrogens (primary N) is 1. The summed E-state index contributed by atoms with van der Waals surface area (Å²) in [5, 5.41) is 10.2. The summed E-state index contributed by atoms with van der Waals surface area (Å²) in [5.41, 5.74) is 6.37. The topological polar surface area (TPSA) is 122 Å². The molecule has 1 fully saturated rings. The molecule has 1 aliphatic heterocycles. The third-order valence-electron chi connectivity index (χ3n) is 5.73. The minimum absolute atomic E-state index is 0.0795. The second-order valence-electron chi connectivity index (χ2n) is 8.87. The number of benzene rings is 2. The summed E-state index contributed by atoms with van der Waals surface area (Å²) in [6.45, 7) is 5.21. The Morgan fingerprint density at radius 1 is 1.21 bits per heavy atom. The van der Waals surface area contributed by atoms with E-state index in [1.54, 1.807) is 26.0 Å². The van der Waals surface area contributed by atoms with E-state index in [0.29, 0.717) is 18.5 Å². The first-order valence-corrected chi connectivity index (χ1v) is 13.2. The van der Waals surface area contributed by atoms with Crippen molar-refractivity contribution < 1.29 is 23.1 Å². The molecule has 8 nitrogen and oxygen atoms in total. The SMILES string of the molecule is CC(C)(CCc1c(NS(=O)(=O)c2cc(Cl)cc(Cl)c2O)cccc1N1CCCCC1)OC(N)=O. The third-order valence-corrected chi connectivity index (χ3v) is 7.61. The van der Waals surface area contributed by atoms with Gasteiger partial charge in [-0.3, -0.25) is 4.72 Å². The first kappa shape index (κ1) is 26.2. The predicted octanol–water partition coefficient (Wildman–Crippen LogP) is 5.30. The maximum Gasteiger partial charge on any atom is 0.405 e. The van der Waals surface area contributed by atoms with Crippen LogP contribution in [0.1, 0.15) is 45.1 Å². The number of rotatable bonds is 8. The van der Waals surface area contributed by atoms with Gasteiger partial charge >= 0.3 is 6.09 Å². The predicted molar refractivity (Wildman–Crippen MR) is 135 cm³/mol. The zero-order valence-electron chi connectivity index (χ0n) is 19.1. The van der Waals surface area contributed by atoms with Crippen LogP contribution in [0.15, 0.2) is 35.2 Å². The summed E-state index contributed by atoms with van der Waals surface area (Å²) in [5.74, 6) is -0.580. The summed E-state index contributed by atoms with van der Waals surface area (Å²) in [7, 11) is -4.22. The van der Waals surface area contributed by atoms with E-state index in [0.717, 1.165) is 49.7 Å². The number of halogens is 2. The van der Waals surface area contributed by atoms with E-state index in [9.17, 15) is 18.3 Å². The third kappa shape index (κ3) is 6.40. The molecule has 0 spiro atoms. The van der Waals surface area contributed by atoms with Gasteiger partial charge in [-0.1, -0.05) is 29.3 Å². The van der Waals surface area contributed by atoms with E-state index in [4.69, 9.17) is 33.7 Å². The maximum atomic E-state index is 13.2. The van der Waals surface area contributed by atoms with Gasteiger partial charge in [0, 0.05) is 23.8 Å². The van der Waals surface area contributed by atoms with Crippen LogP contribution in [-0.2, 0) is 21.2 Å². The molecular formula is C23H29Cl2N3O5S. The number of ether oxygens (including phenoxy) is 1. The molecule has 4 N–H and O–H groups in total. The smallest absolute Gasteiger partial charge is 0.405 e. The van der Waals surface area contributed by atoms with Gasteiger partial charge in [0.05, 0.1) is 10.7 Å². The number of sulfonamides is 1. The van der Waals surface area contributed by atoms with Gasteiger partial charge in [-0.05, 0) is 75.8 Å². The molecule has 186 valence electrons. The molecule has 2 aromatic rings. The molecule has 1 amide bonds. The summed E-state index contributed by atoms with van der Waals surface area (Å²) < 4.78 is 34.3. The molecule has 34 heavy (non-hydrogen) atoms. The fourth-order valence-electron chi connectivity index (χ4n) is 4.06. The van der Waals surface area contributed by atoms with E-state index in [2.05, 4.69) is 9.62 Å². The number of nitrogens with zero attached hydrogens (tertiary/aromatic N) is 1. The van der Waals surface area contributed by atoms with Gasteiger partial charge in [-0.2, -0.15) is 0 Å². The van der Waals surface area contributed by atoms with Crippen LogP contribution in [0.25, 0.3) is 0 Å². The minimum Gasteiger partial charge on any atom is -0.505 e. The van der Waals surface area contributed by atoms with Crippen LogP contribution in [0.2, 0.25) is 10.0 Å². The number of nitrogens with one attached hydrogen (secondary N) is 1. The van der Waals surface area contributed by atoms with Crippen molar-refractivity contribution in [3.8, 4) is 5.75 Å². The molecule has 1 heterocycles. The molecular weight excluding hydrogens is 501 g/mol. The van der Waals surface area contributed by atoms with E-state index in [-0.39, 0.29) is 10.0 Å². The number of carbonyl (C=O) groups is 1. The first-order valence-electron chi connectivity index (χ1n) is 11.0. The lowest BCUT2D eigenvalue weighted by molar-refractivity contribution is 0.0395. The van der Waals surface area contributed by atoms with E-state index >= 15 is 0 Å². The fraction of sp³-hybridized carbons (Fsp3) is 0.435. The van der Waals surface area contributed by atoms with Crippen molar-refractivity contribution in [2.45, 2.75) is 56.4 Å². The number of amides is 1. The highest BCUT2D eigenvalue weighted by Gasteiger charge is 2.27. The van der Waals surface area contributed by atoms with Crippen LogP contribution in [-0.4, -0.2) is 38.3 Å². The molecule has 0 aliphatic carbocycles. The Balaban J connectivity index is 2.01. The van der Waals surface area contributed by atoms with Gasteiger partial charge < -0.3 is 20.5 Å². The van der Waals surface area contributed by atoms with Crippen molar-refractivity contribution in [3.63, 3.8) is 0 Å². The molecule has 0 aromatic heterocycles. The molecule has 3 rings (SSSR count). The zero-order valence-corrected chi connectivity index (χ0v) is 21.4. The van der Waals surface area contributed by atoms with Crippen molar-refractivity contribution in [1.29, 1.82) is 0 Å². The number of aromatic hydroxyl groups is 1. The van der Waals surface area contributed by atoms with Gasteiger partial charge in [0.25, 0.3) is 10.0 Å². The standard InChI is InChI=1S/C23H29Cl2N3O5S/c1-23(2,33-22(26)30)10-9-16-18(7-6-8-19(16)28-11-4-3-5-12-28)27-34(31,32)20-14-15(24)13-17(25)21(20)29/h6-8,13-14,27,29H,3-5,9-12H2,1-2H3,(H2,26,30). The van der Waals surface area contributed by atoms with Gasteiger partial charge in [0.15, 0.2) is 5.75 Å². The Bertz CT molecular complexity index is 1170. The van der Waals surface area contributed by atoms with Crippen molar-refractivity contribution in [2.75, 3.05) is 22.7 Å². The molecule has 1 saturated heterocycles. The highest BCUT2D eigenvalue weighted by Crippen LogP contribution is 2.37. The summed E-state index contributed by atoms with van der Waals surface area (Å²) in [6.07, 6.45) is 3.17. The Morgan fingerprint density at radius 3 is 2.53 bits per heavy atom. The fourth-order valence-corrected chi connectivity index (χ4v) is 5.91. The van der Waals surface area contributed by atoms with E-state index in [1.165, 1.54) is 6.07 Å². The van der Waals surface area contributed by atoms with Crippen LogP contribution in [0.4, 0.5) is 16.2 Å². The Kier molecular flexibility index (Phi) is 8.10. The van der Waals surface area contributed by atoms with Gasteiger partial charge in [-0.15, -0.1) is 0 Å². The Labute approximate surface area is 210 Å². The quantitative estimate of drug-likeness (QED) is 0.426. The number of anilines is 2. The highest BCUT2D eigenvalue weighted by atomic mass is 35.5. The average molecular weight is 530 g/mol. The lowest BCUT2D eigenvalue weighted by Gasteiger charge is -2.32. The van der Waals surface area contributed by atoms with E-state index in [1.807, 2.05) is 6.07 Å². The number of primary amides is 1. The van der Waals surface area contributed by atoms with Crippen LogP contribution >= 0.6 is 23.2 Å². The van der Waals surface area contributed by atoms with Gasteiger partial charge in [0.1, 0.15) is 10.5 Å². The number of piperidine rings is 1. The van der Waals surface area contributed by atoms with Crippen molar-refractivity contribution >= 4 is 50.7 Å². The molecule has 0 saturated carbocycles. The molecule has 2 aromatic carbocycles. The molecule has 0 radical (unpaired) electrons. The van der Waals surface area contributed by atoms with Crippen LogP contribution < -0.4 is 15.4 Å². The monoisotopic (exact) mass is 529 g/mol. The van der Waals surface area contributed by atoms with Crippen molar-refractivity contribution in [3.05, 3.63) is 45.9 Å².